The molecule has 5 nitrogen and oxygen atoms in total. The highest BCUT2D eigenvalue weighted by atomic mass is 32.1. The maximum atomic E-state index is 5.87. The van der Waals surface area contributed by atoms with Crippen molar-refractivity contribution >= 4 is 33.3 Å². The standard InChI is InChI=1S/C13H16N4OS/c1-6-4-8-11(16-13(14)17-12(8)19-6)15-9-5-7-2-3-10(9)18-7/h4,7,9-10H,2-3,5H2,1H3,(H3,14,15,16,17). The minimum Gasteiger partial charge on any atom is -0.373 e. The number of aryl methyl sites for hydroxylation is 1. The summed E-state index contributed by atoms with van der Waals surface area (Å²) in [5.74, 6) is 1.19. The number of nitrogens with one attached hydrogen (secondary N) is 1. The highest BCUT2D eigenvalue weighted by molar-refractivity contribution is 7.18. The summed E-state index contributed by atoms with van der Waals surface area (Å²) >= 11 is 1.65. The first-order chi connectivity index (χ1) is 9.19. The highest BCUT2D eigenvalue weighted by Gasteiger charge is 2.41. The Kier molecular flexibility index (Phi) is 2.43. The Morgan fingerprint density at radius 1 is 1.42 bits per heavy atom. The second-order valence-corrected chi connectivity index (χ2v) is 6.60. The van der Waals surface area contributed by atoms with Crippen LogP contribution in [0.5, 0.6) is 0 Å². The smallest absolute Gasteiger partial charge is 0.223 e. The molecule has 3 unspecified atom stereocenters. The molecule has 3 atom stereocenters. The minimum atomic E-state index is 0.330. The van der Waals surface area contributed by atoms with Crippen LogP contribution in [0.3, 0.4) is 0 Å². The van der Waals surface area contributed by atoms with E-state index in [0.717, 1.165) is 28.9 Å². The van der Waals surface area contributed by atoms with Crippen LogP contribution in [0.2, 0.25) is 0 Å². The Hall–Kier alpha value is -1.40. The molecule has 100 valence electrons. The fourth-order valence-corrected chi connectivity index (χ4v) is 4.02. The van der Waals surface area contributed by atoms with Gasteiger partial charge in [0, 0.05) is 4.88 Å². The molecule has 2 aromatic heterocycles. The van der Waals surface area contributed by atoms with E-state index >= 15 is 0 Å². The van der Waals surface area contributed by atoms with Crippen molar-refractivity contribution in [2.24, 2.45) is 0 Å². The minimum absolute atomic E-state index is 0.330. The van der Waals surface area contributed by atoms with E-state index in [1.165, 1.54) is 11.3 Å². The molecule has 0 saturated carbocycles. The lowest BCUT2D eigenvalue weighted by molar-refractivity contribution is 0.102. The molecule has 0 spiro atoms. The van der Waals surface area contributed by atoms with E-state index in [-0.39, 0.29) is 0 Å². The van der Waals surface area contributed by atoms with Gasteiger partial charge in [0.15, 0.2) is 0 Å². The van der Waals surface area contributed by atoms with Gasteiger partial charge in [-0.05, 0) is 32.3 Å². The number of rotatable bonds is 2. The lowest BCUT2D eigenvalue weighted by atomic mass is 9.95. The number of anilines is 2. The van der Waals surface area contributed by atoms with E-state index in [4.69, 9.17) is 10.5 Å². The zero-order chi connectivity index (χ0) is 13.0. The van der Waals surface area contributed by atoms with Crippen molar-refractivity contribution in [1.82, 2.24) is 9.97 Å². The van der Waals surface area contributed by atoms with Crippen molar-refractivity contribution in [1.29, 1.82) is 0 Å². The molecule has 2 aliphatic rings. The number of nitrogens with zero attached hydrogens (tertiary/aromatic N) is 2. The monoisotopic (exact) mass is 276 g/mol. The van der Waals surface area contributed by atoms with Crippen LogP contribution in [0, 0.1) is 6.92 Å². The van der Waals surface area contributed by atoms with Crippen LogP contribution in [-0.2, 0) is 4.74 Å². The highest BCUT2D eigenvalue weighted by Crippen LogP contribution is 2.37. The molecular formula is C13H16N4OS. The summed E-state index contributed by atoms with van der Waals surface area (Å²) in [6.07, 6.45) is 4.17. The van der Waals surface area contributed by atoms with Crippen molar-refractivity contribution in [3.63, 3.8) is 0 Å². The van der Waals surface area contributed by atoms with E-state index < -0.39 is 0 Å². The molecule has 0 aliphatic carbocycles. The fraction of sp³-hybridized carbons (Fsp3) is 0.538. The van der Waals surface area contributed by atoms with Crippen LogP contribution in [0.25, 0.3) is 10.2 Å². The van der Waals surface area contributed by atoms with Crippen molar-refractivity contribution in [3.8, 4) is 0 Å². The number of aromatic nitrogens is 2. The first-order valence-corrected chi connectivity index (χ1v) is 7.46. The Balaban J connectivity index is 1.70. The van der Waals surface area contributed by atoms with Gasteiger partial charge in [0.1, 0.15) is 10.6 Å². The van der Waals surface area contributed by atoms with Crippen molar-refractivity contribution < 1.29 is 4.74 Å². The van der Waals surface area contributed by atoms with Crippen LogP contribution in [0.4, 0.5) is 11.8 Å². The van der Waals surface area contributed by atoms with Crippen molar-refractivity contribution in [2.75, 3.05) is 11.1 Å². The zero-order valence-electron chi connectivity index (χ0n) is 10.7. The van der Waals surface area contributed by atoms with Gasteiger partial charge >= 0.3 is 0 Å². The van der Waals surface area contributed by atoms with Crippen LogP contribution in [-0.4, -0.2) is 28.2 Å². The maximum Gasteiger partial charge on any atom is 0.223 e. The Labute approximate surface area is 115 Å². The van der Waals surface area contributed by atoms with Gasteiger partial charge in [-0.2, -0.15) is 4.98 Å². The molecule has 2 aliphatic heterocycles. The van der Waals surface area contributed by atoms with Gasteiger partial charge < -0.3 is 15.8 Å². The first-order valence-electron chi connectivity index (χ1n) is 6.65. The average molecular weight is 276 g/mol. The summed E-state index contributed by atoms with van der Waals surface area (Å²) in [5, 5.41) is 4.59. The first kappa shape index (κ1) is 11.4. The second-order valence-electron chi connectivity index (χ2n) is 5.37. The largest absolute Gasteiger partial charge is 0.373 e. The Morgan fingerprint density at radius 3 is 3.05 bits per heavy atom. The summed E-state index contributed by atoms with van der Waals surface area (Å²) in [4.78, 5) is 10.8. The fourth-order valence-electron chi connectivity index (χ4n) is 3.13. The molecule has 6 heteroatoms. The average Bonchev–Trinajstić information content (AvgIpc) is 3.02. The van der Waals surface area contributed by atoms with Crippen molar-refractivity contribution in [3.05, 3.63) is 10.9 Å². The molecule has 2 aromatic rings. The van der Waals surface area contributed by atoms with Gasteiger partial charge in [-0.15, -0.1) is 11.3 Å². The van der Waals surface area contributed by atoms with Gasteiger partial charge in [0.25, 0.3) is 0 Å². The maximum absolute atomic E-state index is 5.87. The number of fused-ring (bicyclic) bond motifs is 3. The van der Waals surface area contributed by atoms with Crippen LogP contribution in [0.15, 0.2) is 6.07 Å². The van der Waals surface area contributed by atoms with Crippen LogP contribution in [0.1, 0.15) is 24.1 Å². The quantitative estimate of drug-likeness (QED) is 0.880. The lowest BCUT2D eigenvalue weighted by Gasteiger charge is -2.21. The van der Waals surface area contributed by atoms with Crippen LogP contribution < -0.4 is 11.1 Å². The van der Waals surface area contributed by atoms with Gasteiger partial charge in [0.05, 0.1) is 23.6 Å². The number of nitrogens with two attached hydrogens (primary N) is 1. The molecule has 4 rings (SSSR count). The lowest BCUT2D eigenvalue weighted by Crippen LogP contribution is -2.31. The number of thiophene rings is 1. The third-order valence-electron chi connectivity index (χ3n) is 3.96. The number of hydrogen-bond acceptors (Lipinski definition) is 6. The third kappa shape index (κ3) is 1.86. The van der Waals surface area contributed by atoms with Gasteiger partial charge in [0.2, 0.25) is 5.95 Å². The molecule has 0 aromatic carbocycles. The summed E-state index contributed by atoms with van der Waals surface area (Å²) in [7, 11) is 0. The van der Waals surface area contributed by atoms with Gasteiger partial charge in [-0.1, -0.05) is 0 Å². The van der Waals surface area contributed by atoms with Gasteiger partial charge in [-0.25, -0.2) is 4.98 Å². The molecule has 19 heavy (non-hydrogen) atoms. The summed E-state index contributed by atoms with van der Waals surface area (Å²) < 4.78 is 5.87. The number of hydrogen-bond donors (Lipinski definition) is 2. The van der Waals surface area contributed by atoms with Crippen molar-refractivity contribution in [2.45, 2.75) is 44.4 Å². The summed E-state index contributed by atoms with van der Waals surface area (Å²) in [5.41, 5.74) is 5.80. The number of nitrogen functional groups attached to an aromatic ring is 1. The summed E-state index contributed by atoms with van der Waals surface area (Å²) in [6.45, 7) is 2.08. The van der Waals surface area contributed by atoms with E-state index in [2.05, 4.69) is 28.3 Å². The van der Waals surface area contributed by atoms with E-state index in [0.29, 0.717) is 24.2 Å². The molecule has 2 bridgehead atoms. The van der Waals surface area contributed by atoms with Gasteiger partial charge in [-0.3, -0.25) is 0 Å². The molecule has 0 radical (unpaired) electrons. The van der Waals surface area contributed by atoms with E-state index in [1.54, 1.807) is 11.3 Å². The normalized spacial score (nSPS) is 29.2. The molecule has 4 heterocycles. The Bertz CT molecular complexity index is 641. The van der Waals surface area contributed by atoms with E-state index in [1.807, 2.05) is 0 Å². The number of ether oxygens (including phenoxy) is 1. The zero-order valence-corrected chi connectivity index (χ0v) is 11.5. The SMILES string of the molecule is Cc1cc2c(NC3CC4CCC3O4)nc(N)nc2s1. The topological polar surface area (TPSA) is 73.1 Å². The molecule has 2 saturated heterocycles. The predicted octanol–water partition coefficient (Wildman–Crippen LogP) is 2.31. The molecule has 2 fully saturated rings. The molecular weight excluding hydrogens is 260 g/mol. The third-order valence-corrected chi connectivity index (χ3v) is 4.91. The van der Waals surface area contributed by atoms with Crippen LogP contribution >= 0.6 is 11.3 Å². The Morgan fingerprint density at radius 2 is 2.32 bits per heavy atom. The molecule has 0 amide bonds. The molecule has 3 N–H and O–H groups in total. The summed E-state index contributed by atoms with van der Waals surface area (Å²) in [6, 6.07) is 2.48. The van der Waals surface area contributed by atoms with E-state index in [9.17, 15) is 0 Å². The predicted molar refractivity (Wildman–Crippen MR) is 76.5 cm³/mol. The second kappa shape index (κ2) is 4.05.